The molecule has 0 bridgehead atoms. The van der Waals surface area contributed by atoms with Gasteiger partial charge in [-0.2, -0.15) is 0 Å². The second kappa shape index (κ2) is 10.1. The van der Waals surface area contributed by atoms with E-state index < -0.39 is 63.5 Å². The topological polar surface area (TPSA) is 190 Å². The number of ketones is 2. The molecule has 0 aliphatic heterocycles. The van der Waals surface area contributed by atoms with Crippen LogP contribution in [0.15, 0.2) is 59.1 Å². The third-order valence-electron chi connectivity index (χ3n) is 8.74. The quantitative estimate of drug-likeness (QED) is 0.291. The number of aliphatic hydroxyl groups excluding tert-OH is 2. The van der Waals surface area contributed by atoms with E-state index >= 15 is 0 Å². The number of carbonyl (C=O) groups excluding carboxylic acids is 4. The summed E-state index contributed by atoms with van der Waals surface area (Å²) in [5.41, 5.74) is 3.45. The van der Waals surface area contributed by atoms with Gasteiger partial charge in [0, 0.05) is 22.6 Å². The molecule has 0 radical (unpaired) electrons. The summed E-state index contributed by atoms with van der Waals surface area (Å²) in [7, 11) is 3.16. The van der Waals surface area contributed by atoms with Gasteiger partial charge >= 0.3 is 0 Å². The molecule has 0 fully saturated rings. The molecule has 0 heterocycles. The van der Waals surface area contributed by atoms with Crippen LogP contribution in [0.25, 0.3) is 11.1 Å². The molecule has 2 aromatic carbocycles. The minimum absolute atomic E-state index is 0.00136. The average molecular weight is 590 g/mol. The van der Waals surface area contributed by atoms with Crippen molar-refractivity contribution in [3.8, 4) is 16.9 Å². The number of hydrogen-bond donors (Lipinski definition) is 6. The van der Waals surface area contributed by atoms with E-state index in [0.29, 0.717) is 22.4 Å². The van der Waals surface area contributed by atoms with E-state index in [1.807, 2.05) is 0 Å². The molecule has 43 heavy (non-hydrogen) atoms. The summed E-state index contributed by atoms with van der Waals surface area (Å²) < 4.78 is 0. The molecule has 0 spiro atoms. The van der Waals surface area contributed by atoms with Gasteiger partial charge in [0.25, 0.3) is 5.91 Å². The Morgan fingerprint density at radius 2 is 1.65 bits per heavy atom. The van der Waals surface area contributed by atoms with Crippen LogP contribution in [0.3, 0.4) is 0 Å². The minimum Gasteiger partial charge on any atom is -0.510 e. The van der Waals surface area contributed by atoms with Crippen LogP contribution in [0.2, 0.25) is 0 Å². The van der Waals surface area contributed by atoms with Crippen molar-refractivity contribution >= 4 is 29.1 Å². The number of phenols is 1. The lowest BCUT2D eigenvalue weighted by Gasteiger charge is -2.50. The van der Waals surface area contributed by atoms with E-state index in [1.54, 1.807) is 65.2 Å². The molecule has 2 aromatic rings. The Morgan fingerprint density at radius 3 is 2.21 bits per heavy atom. The van der Waals surface area contributed by atoms with Gasteiger partial charge < -0.3 is 31.5 Å². The molecule has 2 amide bonds. The van der Waals surface area contributed by atoms with Crippen molar-refractivity contribution in [3.05, 3.63) is 70.2 Å². The molecule has 11 heteroatoms. The van der Waals surface area contributed by atoms with Crippen molar-refractivity contribution in [3.63, 3.8) is 0 Å². The summed E-state index contributed by atoms with van der Waals surface area (Å²) in [5.74, 6) is -7.09. The van der Waals surface area contributed by atoms with Gasteiger partial charge in [-0.25, -0.2) is 0 Å². The Balaban J connectivity index is 1.61. The summed E-state index contributed by atoms with van der Waals surface area (Å²) in [6.45, 7) is 5.42. The molecular weight excluding hydrogens is 554 g/mol. The fourth-order valence-corrected chi connectivity index (χ4v) is 6.57. The number of aromatic hydroxyl groups is 1. The zero-order chi connectivity index (χ0) is 31.8. The number of allylic oxidation sites excluding steroid dienone is 1. The van der Waals surface area contributed by atoms with Gasteiger partial charge in [0.05, 0.1) is 11.6 Å². The molecule has 4 atom stereocenters. The molecule has 0 aromatic heterocycles. The van der Waals surface area contributed by atoms with Crippen LogP contribution in [0.4, 0.5) is 5.69 Å². The molecule has 5 rings (SSSR count). The largest absolute Gasteiger partial charge is 0.510 e. The third kappa shape index (κ3) is 4.50. The van der Waals surface area contributed by atoms with E-state index in [1.165, 1.54) is 11.0 Å². The molecule has 11 nitrogen and oxygen atoms in total. The van der Waals surface area contributed by atoms with Gasteiger partial charge in [0.15, 0.2) is 11.4 Å². The van der Waals surface area contributed by atoms with Crippen LogP contribution in [-0.4, -0.2) is 74.4 Å². The lowest BCUT2D eigenvalue weighted by molar-refractivity contribution is -0.148. The second-order valence-corrected chi connectivity index (χ2v) is 12.7. The number of aliphatic hydroxyl groups is 3. The van der Waals surface area contributed by atoms with Crippen LogP contribution < -0.4 is 11.1 Å². The summed E-state index contributed by atoms with van der Waals surface area (Å²) in [4.78, 5) is 53.4. The number of anilines is 1. The molecule has 3 aliphatic carbocycles. The number of hydrogen-bond acceptors (Lipinski definition) is 9. The highest BCUT2D eigenvalue weighted by Crippen LogP contribution is 2.53. The first-order valence-electron chi connectivity index (χ1n) is 13.9. The first-order chi connectivity index (χ1) is 20.0. The monoisotopic (exact) mass is 589 g/mol. The molecule has 7 N–H and O–H groups in total. The predicted octanol–water partition coefficient (Wildman–Crippen LogP) is 2.77. The Labute approximate surface area is 248 Å². The SMILES string of the molecule is CN(C)[C@H]1C(O)=C(C(N)=O)C(=O)[C@@]2(O)C(O)=C3C(=O)c4c(O)ccc(-c5ccc(NC(=O)C(C)(C)C)cc5)c4C[C@H]3C[C@@H]12. The van der Waals surface area contributed by atoms with Crippen LogP contribution in [0.5, 0.6) is 5.75 Å². The number of nitrogens with zero attached hydrogens (tertiary/aromatic N) is 1. The second-order valence-electron chi connectivity index (χ2n) is 12.7. The first-order valence-corrected chi connectivity index (χ1v) is 13.9. The molecule has 0 saturated carbocycles. The number of nitrogens with two attached hydrogens (primary N) is 1. The fraction of sp³-hybridized carbons (Fsp3) is 0.375. The highest BCUT2D eigenvalue weighted by Gasteiger charge is 2.63. The average Bonchev–Trinajstić information content (AvgIpc) is 2.90. The van der Waals surface area contributed by atoms with Crippen molar-refractivity contribution in [1.82, 2.24) is 4.90 Å². The first kappa shape index (κ1) is 30.0. The Bertz CT molecular complexity index is 1650. The maximum Gasteiger partial charge on any atom is 0.255 e. The molecular formula is C32H35N3O8. The summed E-state index contributed by atoms with van der Waals surface area (Å²) in [5, 5.41) is 47.8. The standard InChI is InChI=1S/C32H35N3O8/c1-31(2,3)30(42)34-16-8-6-14(7-9-16)17-10-11-20(36)22-18(17)12-15-13-19-24(35(4)5)26(38)23(29(33)41)28(40)32(19,43)27(39)21(15)25(22)37/h6-11,15,19,24,36,38-39,43H,12-13H2,1-5H3,(H2,33,41)(H,34,42)/t15-,19-,24+,32-/m0/s1. The minimum atomic E-state index is -2.69. The van der Waals surface area contributed by atoms with E-state index in [9.17, 15) is 39.6 Å². The van der Waals surface area contributed by atoms with Crippen LogP contribution in [0, 0.1) is 17.3 Å². The van der Waals surface area contributed by atoms with E-state index in [2.05, 4.69) is 5.32 Å². The van der Waals surface area contributed by atoms with Crippen molar-refractivity contribution < 1.29 is 39.6 Å². The summed E-state index contributed by atoms with van der Waals surface area (Å²) in [6.07, 6.45) is 0.166. The van der Waals surface area contributed by atoms with Gasteiger partial charge in [-0.3, -0.25) is 24.1 Å². The maximum atomic E-state index is 13.9. The van der Waals surface area contributed by atoms with Gasteiger partial charge in [0.1, 0.15) is 22.8 Å². The summed E-state index contributed by atoms with van der Waals surface area (Å²) >= 11 is 0. The predicted molar refractivity (Wildman–Crippen MR) is 157 cm³/mol. The number of benzene rings is 2. The summed E-state index contributed by atoms with van der Waals surface area (Å²) in [6, 6.07) is 9.02. The normalized spacial score (nSPS) is 25.3. The zero-order valence-corrected chi connectivity index (χ0v) is 24.6. The number of primary amides is 1. The van der Waals surface area contributed by atoms with Crippen molar-refractivity contribution in [2.24, 2.45) is 23.0 Å². The van der Waals surface area contributed by atoms with Crippen molar-refractivity contribution in [1.29, 1.82) is 0 Å². The van der Waals surface area contributed by atoms with Gasteiger partial charge in [0.2, 0.25) is 11.7 Å². The number of carbonyl (C=O) groups is 4. The van der Waals surface area contributed by atoms with Gasteiger partial charge in [-0.15, -0.1) is 0 Å². The van der Waals surface area contributed by atoms with E-state index in [-0.39, 0.29) is 35.6 Å². The number of Topliss-reactive ketones (excluding diaryl/α,β-unsaturated/α-hetero) is 2. The highest BCUT2D eigenvalue weighted by atomic mass is 16.3. The Morgan fingerprint density at radius 1 is 1.02 bits per heavy atom. The lowest BCUT2D eigenvalue weighted by atomic mass is 9.58. The Kier molecular flexibility index (Phi) is 7.02. The number of rotatable bonds is 4. The molecule has 3 aliphatic rings. The van der Waals surface area contributed by atoms with Crippen LogP contribution in [0.1, 0.15) is 43.1 Å². The van der Waals surface area contributed by atoms with Gasteiger partial charge in [-0.05, 0) is 67.7 Å². The number of nitrogens with one attached hydrogen (secondary N) is 1. The third-order valence-corrected chi connectivity index (χ3v) is 8.74. The van der Waals surface area contributed by atoms with Crippen molar-refractivity contribution in [2.45, 2.75) is 45.3 Å². The van der Waals surface area contributed by atoms with Crippen LogP contribution >= 0.6 is 0 Å². The van der Waals surface area contributed by atoms with Gasteiger partial charge in [-0.1, -0.05) is 39.0 Å². The number of likely N-dealkylation sites (N-methyl/N-ethyl adjacent to an activating group) is 1. The fourth-order valence-electron chi connectivity index (χ4n) is 6.57. The zero-order valence-electron chi connectivity index (χ0n) is 24.6. The smallest absolute Gasteiger partial charge is 0.255 e. The van der Waals surface area contributed by atoms with Crippen LogP contribution in [-0.2, 0) is 20.8 Å². The van der Waals surface area contributed by atoms with Crippen molar-refractivity contribution in [2.75, 3.05) is 19.4 Å². The number of fused-ring (bicyclic) bond motifs is 3. The molecule has 0 unspecified atom stereocenters. The lowest BCUT2D eigenvalue weighted by Crippen LogP contribution is -2.63. The highest BCUT2D eigenvalue weighted by molar-refractivity contribution is 6.25. The number of phenolic OH excluding ortho intramolecular Hbond substituents is 1. The molecule has 226 valence electrons. The Hall–Kier alpha value is -4.48. The number of amides is 2. The maximum absolute atomic E-state index is 13.9. The van der Waals surface area contributed by atoms with E-state index in [4.69, 9.17) is 5.73 Å². The molecule has 0 saturated heterocycles. The van der Waals surface area contributed by atoms with E-state index in [0.717, 1.165) is 0 Å².